The fourth-order valence-corrected chi connectivity index (χ4v) is 4.25. The number of nitrogens with one attached hydrogen (secondary N) is 2. The van der Waals surface area contributed by atoms with Gasteiger partial charge in [0.15, 0.2) is 0 Å². The molecule has 8 nitrogen and oxygen atoms in total. The van der Waals surface area contributed by atoms with E-state index in [0.29, 0.717) is 18.8 Å². The van der Waals surface area contributed by atoms with Crippen LogP contribution in [0.5, 0.6) is 0 Å². The zero-order valence-electron chi connectivity index (χ0n) is 17.5. The van der Waals surface area contributed by atoms with Crippen molar-refractivity contribution in [1.29, 1.82) is 0 Å². The van der Waals surface area contributed by atoms with Crippen LogP contribution in [0.4, 0.5) is 11.4 Å². The Morgan fingerprint density at radius 1 is 1.13 bits per heavy atom. The Labute approximate surface area is 182 Å². The second-order valence-corrected chi connectivity index (χ2v) is 9.69. The summed E-state index contributed by atoms with van der Waals surface area (Å²) in [6, 6.07) is 13.9. The highest BCUT2D eigenvalue weighted by molar-refractivity contribution is 7.92. The molecule has 31 heavy (non-hydrogen) atoms. The summed E-state index contributed by atoms with van der Waals surface area (Å²) in [7, 11) is -3.49. The molecule has 1 heterocycles. The normalized spacial score (nSPS) is 17.1. The van der Waals surface area contributed by atoms with Crippen molar-refractivity contribution in [1.82, 2.24) is 4.90 Å². The SMILES string of the molecule is CCS(=O)(=O)Nc1ccccc1C(=O)Nc1ccc(CN2CCCC(C(N)=O)C2)cc1. The molecule has 3 rings (SSSR count). The average molecular weight is 445 g/mol. The van der Waals surface area contributed by atoms with Gasteiger partial charge in [0.2, 0.25) is 15.9 Å². The zero-order chi connectivity index (χ0) is 22.4. The van der Waals surface area contributed by atoms with Crippen molar-refractivity contribution in [3.8, 4) is 0 Å². The van der Waals surface area contributed by atoms with E-state index in [-0.39, 0.29) is 28.8 Å². The molecule has 0 aromatic heterocycles. The highest BCUT2D eigenvalue weighted by Gasteiger charge is 2.23. The number of amides is 2. The third kappa shape index (κ3) is 6.28. The van der Waals surface area contributed by atoms with Gasteiger partial charge in [-0.15, -0.1) is 0 Å². The molecule has 1 unspecified atom stereocenters. The molecule has 2 aromatic carbocycles. The average Bonchev–Trinajstić information content (AvgIpc) is 2.75. The summed E-state index contributed by atoms with van der Waals surface area (Å²) >= 11 is 0. The summed E-state index contributed by atoms with van der Waals surface area (Å²) in [5, 5.41) is 2.81. The number of nitrogens with two attached hydrogens (primary N) is 1. The van der Waals surface area contributed by atoms with Gasteiger partial charge in [-0.25, -0.2) is 8.42 Å². The molecule has 1 atom stereocenters. The lowest BCUT2D eigenvalue weighted by molar-refractivity contribution is -0.123. The van der Waals surface area contributed by atoms with Crippen LogP contribution in [-0.2, 0) is 21.4 Å². The minimum absolute atomic E-state index is 0.0817. The van der Waals surface area contributed by atoms with Gasteiger partial charge in [-0.1, -0.05) is 24.3 Å². The number of sulfonamides is 1. The predicted molar refractivity (Wildman–Crippen MR) is 121 cm³/mol. The maximum absolute atomic E-state index is 12.7. The van der Waals surface area contributed by atoms with Crippen LogP contribution >= 0.6 is 0 Å². The molecule has 1 aliphatic heterocycles. The first-order valence-electron chi connectivity index (χ1n) is 10.3. The predicted octanol–water partition coefficient (Wildman–Crippen LogP) is 2.40. The number of likely N-dealkylation sites (tertiary alicyclic amines) is 1. The van der Waals surface area contributed by atoms with E-state index in [1.165, 1.54) is 6.92 Å². The van der Waals surface area contributed by atoms with E-state index in [1.807, 2.05) is 24.3 Å². The van der Waals surface area contributed by atoms with Gasteiger partial charge in [-0.05, 0) is 56.1 Å². The van der Waals surface area contributed by atoms with Gasteiger partial charge in [0.25, 0.3) is 5.91 Å². The van der Waals surface area contributed by atoms with Gasteiger partial charge in [-0.2, -0.15) is 0 Å². The number of primary amides is 1. The van der Waals surface area contributed by atoms with Crippen LogP contribution < -0.4 is 15.8 Å². The number of rotatable bonds is 8. The van der Waals surface area contributed by atoms with Gasteiger partial charge >= 0.3 is 0 Å². The smallest absolute Gasteiger partial charge is 0.257 e. The Bertz CT molecular complexity index is 1040. The van der Waals surface area contributed by atoms with Crippen LogP contribution in [0.2, 0.25) is 0 Å². The second kappa shape index (κ2) is 9.93. The van der Waals surface area contributed by atoms with Gasteiger partial charge < -0.3 is 11.1 Å². The molecule has 0 saturated carbocycles. The Hall–Kier alpha value is -2.91. The lowest BCUT2D eigenvalue weighted by Crippen LogP contribution is -2.40. The second-order valence-electron chi connectivity index (χ2n) is 7.68. The largest absolute Gasteiger partial charge is 0.369 e. The molecule has 1 aliphatic rings. The molecule has 0 spiro atoms. The highest BCUT2D eigenvalue weighted by Crippen LogP contribution is 2.21. The molecule has 2 aromatic rings. The van der Waals surface area contributed by atoms with E-state index in [0.717, 1.165) is 24.9 Å². The van der Waals surface area contributed by atoms with Crippen molar-refractivity contribution in [3.05, 3.63) is 59.7 Å². The molecule has 166 valence electrons. The highest BCUT2D eigenvalue weighted by atomic mass is 32.2. The number of hydrogen-bond acceptors (Lipinski definition) is 5. The first-order chi connectivity index (χ1) is 14.8. The van der Waals surface area contributed by atoms with Crippen molar-refractivity contribution < 1.29 is 18.0 Å². The number of para-hydroxylation sites is 1. The summed E-state index contributed by atoms with van der Waals surface area (Å²) in [6.07, 6.45) is 1.79. The molecule has 9 heteroatoms. The maximum atomic E-state index is 12.7. The Balaban J connectivity index is 1.64. The van der Waals surface area contributed by atoms with Gasteiger partial charge in [0.1, 0.15) is 0 Å². The van der Waals surface area contributed by atoms with E-state index in [9.17, 15) is 18.0 Å². The molecule has 1 saturated heterocycles. The molecular formula is C22H28N4O4S. The Morgan fingerprint density at radius 2 is 1.84 bits per heavy atom. The minimum Gasteiger partial charge on any atom is -0.369 e. The van der Waals surface area contributed by atoms with E-state index in [2.05, 4.69) is 14.9 Å². The Morgan fingerprint density at radius 3 is 2.52 bits per heavy atom. The van der Waals surface area contributed by atoms with Crippen LogP contribution in [0.25, 0.3) is 0 Å². The number of nitrogens with zero attached hydrogens (tertiary/aromatic N) is 1. The van der Waals surface area contributed by atoms with E-state index in [1.54, 1.807) is 24.3 Å². The fraction of sp³-hybridized carbons (Fsp3) is 0.364. The van der Waals surface area contributed by atoms with Crippen LogP contribution in [0.15, 0.2) is 48.5 Å². The quantitative estimate of drug-likeness (QED) is 0.577. The third-order valence-corrected chi connectivity index (χ3v) is 6.63. The molecular weight excluding hydrogens is 416 g/mol. The summed E-state index contributed by atoms with van der Waals surface area (Å²) in [5.41, 5.74) is 7.61. The van der Waals surface area contributed by atoms with Gasteiger partial charge in [0.05, 0.1) is 22.9 Å². The summed E-state index contributed by atoms with van der Waals surface area (Å²) in [6.45, 7) is 3.83. The maximum Gasteiger partial charge on any atom is 0.257 e. The topological polar surface area (TPSA) is 122 Å². The van der Waals surface area contributed by atoms with Crippen LogP contribution in [-0.4, -0.2) is 44.0 Å². The minimum atomic E-state index is -3.49. The number of carbonyl (C=O) groups excluding carboxylic acids is 2. The van der Waals surface area contributed by atoms with Crippen molar-refractivity contribution in [2.24, 2.45) is 11.7 Å². The molecule has 0 aliphatic carbocycles. The lowest BCUT2D eigenvalue weighted by atomic mass is 9.97. The number of hydrogen-bond donors (Lipinski definition) is 3. The molecule has 0 bridgehead atoms. The number of anilines is 2. The van der Waals surface area contributed by atoms with E-state index < -0.39 is 15.9 Å². The van der Waals surface area contributed by atoms with E-state index >= 15 is 0 Å². The van der Waals surface area contributed by atoms with Gasteiger partial charge in [0, 0.05) is 18.8 Å². The van der Waals surface area contributed by atoms with Crippen molar-refractivity contribution in [2.75, 3.05) is 28.9 Å². The summed E-state index contributed by atoms with van der Waals surface area (Å²) in [4.78, 5) is 26.4. The van der Waals surface area contributed by atoms with E-state index in [4.69, 9.17) is 5.73 Å². The molecule has 2 amide bonds. The first kappa shape index (κ1) is 22.8. The van der Waals surface area contributed by atoms with Crippen LogP contribution in [0, 0.1) is 5.92 Å². The van der Waals surface area contributed by atoms with Crippen molar-refractivity contribution in [3.63, 3.8) is 0 Å². The zero-order valence-corrected chi connectivity index (χ0v) is 18.3. The summed E-state index contributed by atoms with van der Waals surface area (Å²) < 4.78 is 26.2. The third-order valence-electron chi connectivity index (χ3n) is 5.34. The van der Waals surface area contributed by atoms with Gasteiger partial charge in [-0.3, -0.25) is 19.2 Å². The molecule has 4 N–H and O–H groups in total. The van der Waals surface area contributed by atoms with Crippen molar-refractivity contribution in [2.45, 2.75) is 26.3 Å². The first-order valence-corrected chi connectivity index (χ1v) is 11.9. The Kier molecular flexibility index (Phi) is 7.29. The number of benzene rings is 2. The van der Waals surface area contributed by atoms with Crippen molar-refractivity contribution >= 4 is 33.2 Å². The molecule has 0 radical (unpaired) electrons. The van der Waals surface area contributed by atoms with Crippen LogP contribution in [0.3, 0.4) is 0 Å². The fourth-order valence-electron chi connectivity index (χ4n) is 3.59. The van der Waals surface area contributed by atoms with Crippen LogP contribution in [0.1, 0.15) is 35.7 Å². The summed E-state index contributed by atoms with van der Waals surface area (Å²) in [5.74, 6) is -0.828. The molecule has 1 fully saturated rings. The number of piperidine rings is 1. The lowest BCUT2D eigenvalue weighted by Gasteiger charge is -2.31. The monoisotopic (exact) mass is 444 g/mol. The standard InChI is InChI=1S/C22H28N4O4S/c1-2-31(29,30)25-20-8-4-3-7-19(20)22(28)24-18-11-9-16(10-12-18)14-26-13-5-6-17(15-26)21(23)27/h3-4,7-12,17,25H,2,5-6,13-15H2,1H3,(H2,23,27)(H,24,28). The number of carbonyl (C=O) groups is 2.